The maximum atomic E-state index is 5.70. The molecule has 0 bridgehead atoms. The Morgan fingerprint density at radius 2 is 2.19 bits per heavy atom. The quantitative estimate of drug-likeness (QED) is 0.918. The molecule has 0 saturated heterocycles. The molecular weight excluding hydrogens is 270 g/mol. The molecule has 1 aromatic heterocycles. The average molecular weight is 280 g/mol. The predicted molar refractivity (Wildman–Crippen MR) is 66.1 cm³/mol. The van der Waals surface area contributed by atoms with Crippen molar-refractivity contribution in [1.82, 2.24) is 9.97 Å². The lowest BCUT2D eigenvalue weighted by Crippen LogP contribution is -1.96. The Morgan fingerprint density at radius 3 is 2.88 bits per heavy atom. The van der Waals surface area contributed by atoms with Crippen molar-refractivity contribution in [2.75, 3.05) is 12.8 Å². The van der Waals surface area contributed by atoms with E-state index in [9.17, 15) is 0 Å². The molecule has 0 aliphatic rings. The van der Waals surface area contributed by atoms with Gasteiger partial charge in [-0.2, -0.15) is 0 Å². The molecule has 82 valence electrons. The highest BCUT2D eigenvalue weighted by Gasteiger charge is 2.05. The number of aromatic nitrogens is 2. The standard InChI is InChI=1S/C11H10BrN3O/c1-16-8-4-2-3-7(5-8)11-14-6-9(12)10(13)15-11/h2-6H,1H3,(H2,13,14,15). The summed E-state index contributed by atoms with van der Waals surface area (Å²) in [5, 5.41) is 0. The van der Waals surface area contributed by atoms with Crippen molar-refractivity contribution in [2.24, 2.45) is 0 Å². The van der Waals surface area contributed by atoms with Crippen molar-refractivity contribution < 1.29 is 4.74 Å². The first-order valence-electron chi connectivity index (χ1n) is 4.63. The zero-order valence-corrected chi connectivity index (χ0v) is 10.2. The van der Waals surface area contributed by atoms with E-state index in [0.717, 1.165) is 11.3 Å². The van der Waals surface area contributed by atoms with Crippen molar-refractivity contribution in [2.45, 2.75) is 0 Å². The van der Waals surface area contributed by atoms with E-state index >= 15 is 0 Å². The van der Waals surface area contributed by atoms with Gasteiger partial charge in [0.05, 0.1) is 11.6 Å². The van der Waals surface area contributed by atoms with Gasteiger partial charge in [0.2, 0.25) is 0 Å². The highest BCUT2D eigenvalue weighted by Crippen LogP contribution is 2.23. The van der Waals surface area contributed by atoms with Crippen LogP contribution < -0.4 is 10.5 Å². The number of nitrogens with two attached hydrogens (primary N) is 1. The van der Waals surface area contributed by atoms with Gasteiger partial charge >= 0.3 is 0 Å². The monoisotopic (exact) mass is 279 g/mol. The van der Waals surface area contributed by atoms with Crippen molar-refractivity contribution in [3.8, 4) is 17.1 Å². The van der Waals surface area contributed by atoms with Crippen LogP contribution in [0.2, 0.25) is 0 Å². The van der Waals surface area contributed by atoms with Crippen LogP contribution in [0.25, 0.3) is 11.4 Å². The van der Waals surface area contributed by atoms with E-state index in [2.05, 4.69) is 25.9 Å². The molecule has 0 fully saturated rings. The van der Waals surface area contributed by atoms with Crippen LogP contribution in [-0.2, 0) is 0 Å². The van der Waals surface area contributed by atoms with Gasteiger partial charge in [-0.1, -0.05) is 12.1 Å². The molecule has 1 heterocycles. The van der Waals surface area contributed by atoms with Crippen molar-refractivity contribution in [1.29, 1.82) is 0 Å². The fourth-order valence-corrected chi connectivity index (χ4v) is 1.47. The lowest BCUT2D eigenvalue weighted by atomic mass is 10.2. The summed E-state index contributed by atoms with van der Waals surface area (Å²) in [5.41, 5.74) is 6.57. The molecule has 16 heavy (non-hydrogen) atoms. The first-order valence-corrected chi connectivity index (χ1v) is 5.42. The summed E-state index contributed by atoms with van der Waals surface area (Å²) in [4.78, 5) is 8.37. The average Bonchev–Trinajstić information content (AvgIpc) is 2.33. The fourth-order valence-electron chi connectivity index (χ4n) is 1.28. The Kier molecular flexibility index (Phi) is 3.05. The molecule has 4 nitrogen and oxygen atoms in total. The number of methoxy groups -OCH3 is 1. The van der Waals surface area contributed by atoms with Crippen LogP contribution in [0.4, 0.5) is 5.82 Å². The summed E-state index contributed by atoms with van der Waals surface area (Å²) in [7, 11) is 1.62. The topological polar surface area (TPSA) is 61.0 Å². The van der Waals surface area contributed by atoms with Gasteiger partial charge in [0.15, 0.2) is 5.82 Å². The summed E-state index contributed by atoms with van der Waals surface area (Å²) in [5.74, 6) is 1.77. The lowest BCUT2D eigenvalue weighted by molar-refractivity contribution is 0.415. The van der Waals surface area contributed by atoms with E-state index in [1.807, 2.05) is 24.3 Å². The van der Waals surface area contributed by atoms with Gasteiger partial charge in [0, 0.05) is 11.8 Å². The van der Waals surface area contributed by atoms with Crippen LogP contribution in [0.3, 0.4) is 0 Å². The molecule has 0 unspecified atom stereocenters. The normalized spacial score (nSPS) is 10.1. The van der Waals surface area contributed by atoms with Gasteiger partial charge in [-0.25, -0.2) is 9.97 Å². The first kappa shape index (κ1) is 10.9. The van der Waals surface area contributed by atoms with E-state index in [1.54, 1.807) is 13.3 Å². The second-order valence-corrected chi connectivity index (χ2v) is 4.01. The third kappa shape index (κ3) is 2.14. The molecule has 0 spiro atoms. The number of benzene rings is 1. The molecule has 2 N–H and O–H groups in total. The van der Waals surface area contributed by atoms with Crippen LogP contribution in [0, 0.1) is 0 Å². The van der Waals surface area contributed by atoms with E-state index < -0.39 is 0 Å². The number of nitrogen functional groups attached to an aromatic ring is 1. The minimum atomic E-state index is 0.424. The van der Waals surface area contributed by atoms with Crippen LogP contribution >= 0.6 is 15.9 Å². The Balaban J connectivity index is 2.46. The summed E-state index contributed by atoms with van der Waals surface area (Å²) in [6.45, 7) is 0. The summed E-state index contributed by atoms with van der Waals surface area (Å²) in [6, 6.07) is 7.52. The van der Waals surface area contributed by atoms with E-state index in [0.29, 0.717) is 16.1 Å². The number of ether oxygens (including phenoxy) is 1. The third-order valence-electron chi connectivity index (χ3n) is 2.10. The van der Waals surface area contributed by atoms with Gasteiger partial charge < -0.3 is 10.5 Å². The fraction of sp³-hybridized carbons (Fsp3) is 0.0909. The Hall–Kier alpha value is -1.62. The van der Waals surface area contributed by atoms with Crippen LogP contribution in [0.5, 0.6) is 5.75 Å². The Morgan fingerprint density at radius 1 is 1.38 bits per heavy atom. The number of nitrogens with zero attached hydrogens (tertiary/aromatic N) is 2. The predicted octanol–water partition coefficient (Wildman–Crippen LogP) is 2.50. The largest absolute Gasteiger partial charge is 0.497 e. The summed E-state index contributed by atoms with van der Waals surface area (Å²) < 4.78 is 5.83. The van der Waals surface area contributed by atoms with Gasteiger partial charge in [0.25, 0.3) is 0 Å². The van der Waals surface area contributed by atoms with E-state index in [4.69, 9.17) is 10.5 Å². The molecular formula is C11H10BrN3O. The summed E-state index contributed by atoms with van der Waals surface area (Å²) >= 11 is 3.26. The minimum Gasteiger partial charge on any atom is -0.497 e. The van der Waals surface area contributed by atoms with Crippen LogP contribution in [0.1, 0.15) is 0 Å². The number of hydrogen-bond acceptors (Lipinski definition) is 4. The number of halogens is 1. The van der Waals surface area contributed by atoms with Crippen LogP contribution in [0.15, 0.2) is 34.9 Å². The lowest BCUT2D eigenvalue weighted by Gasteiger charge is -2.04. The minimum absolute atomic E-state index is 0.424. The molecule has 0 amide bonds. The van der Waals surface area contributed by atoms with Crippen molar-refractivity contribution >= 4 is 21.7 Å². The highest BCUT2D eigenvalue weighted by atomic mass is 79.9. The van der Waals surface area contributed by atoms with Gasteiger partial charge in [-0.3, -0.25) is 0 Å². The maximum absolute atomic E-state index is 5.70. The maximum Gasteiger partial charge on any atom is 0.161 e. The second-order valence-electron chi connectivity index (χ2n) is 3.16. The molecule has 1 aromatic carbocycles. The number of anilines is 1. The zero-order valence-electron chi connectivity index (χ0n) is 8.64. The van der Waals surface area contributed by atoms with Crippen molar-refractivity contribution in [3.05, 3.63) is 34.9 Å². The summed E-state index contributed by atoms with van der Waals surface area (Å²) in [6.07, 6.45) is 1.64. The van der Waals surface area contributed by atoms with E-state index in [-0.39, 0.29) is 0 Å². The number of rotatable bonds is 2. The first-order chi connectivity index (χ1) is 7.70. The molecule has 0 atom stereocenters. The molecule has 0 aliphatic carbocycles. The third-order valence-corrected chi connectivity index (χ3v) is 2.71. The van der Waals surface area contributed by atoms with E-state index in [1.165, 1.54) is 0 Å². The number of hydrogen-bond donors (Lipinski definition) is 1. The van der Waals surface area contributed by atoms with Gasteiger partial charge in [-0.05, 0) is 28.1 Å². The smallest absolute Gasteiger partial charge is 0.161 e. The Bertz CT molecular complexity index is 516. The molecule has 2 aromatic rings. The van der Waals surface area contributed by atoms with Gasteiger partial charge in [-0.15, -0.1) is 0 Å². The second kappa shape index (κ2) is 4.49. The van der Waals surface area contributed by atoms with Gasteiger partial charge in [0.1, 0.15) is 11.6 Å². The SMILES string of the molecule is COc1cccc(-c2ncc(Br)c(N)n2)c1. The molecule has 0 radical (unpaired) electrons. The molecule has 0 saturated carbocycles. The van der Waals surface area contributed by atoms with Crippen LogP contribution in [-0.4, -0.2) is 17.1 Å². The highest BCUT2D eigenvalue weighted by molar-refractivity contribution is 9.10. The Labute approximate surface area is 102 Å². The molecule has 0 aliphatic heterocycles. The molecule has 2 rings (SSSR count). The zero-order chi connectivity index (χ0) is 11.5. The molecule has 5 heteroatoms. The van der Waals surface area contributed by atoms with Crippen molar-refractivity contribution in [3.63, 3.8) is 0 Å².